The molecule has 0 radical (unpaired) electrons. The predicted octanol–water partition coefficient (Wildman–Crippen LogP) is 3.07. The van der Waals surface area contributed by atoms with Crippen molar-refractivity contribution in [1.82, 2.24) is 10.2 Å². The summed E-state index contributed by atoms with van der Waals surface area (Å²) in [4.78, 5) is 12.3. The summed E-state index contributed by atoms with van der Waals surface area (Å²) in [6.07, 6.45) is 2.21. The van der Waals surface area contributed by atoms with Gasteiger partial charge in [-0.3, -0.25) is 4.79 Å². The maximum Gasteiger partial charge on any atom is 0.277 e. The van der Waals surface area contributed by atoms with Crippen molar-refractivity contribution in [3.63, 3.8) is 0 Å². The van der Waals surface area contributed by atoms with Crippen LogP contribution in [0.15, 0.2) is 33.9 Å². The largest absolute Gasteiger partial charge is 0.495 e. The lowest BCUT2D eigenvalue weighted by atomic mass is 10.3. The van der Waals surface area contributed by atoms with Crippen molar-refractivity contribution in [3.8, 4) is 5.75 Å². The molecule has 1 saturated carbocycles. The zero-order valence-electron chi connectivity index (χ0n) is 12.4. The van der Waals surface area contributed by atoms with Gasteiger partial charge in [0.1, 0.15) is 5.75 Å². The number of nitrogens with one attached hydrogen (secondary N) is 1. The van der Waals surface area contributed by atoms with E-state index in [0.717, 1.165) is 12.8 Å². The highest BCUT2D eigenvalue weighted by atomic mass is 32.2. The smallest absolute Gasteiger partial charge is 0.277 e. The van der Waals surface area contributed by atoms with Crippen LogP contribution in [-0.2, 0) is 4.79 Å². The van der Waals surface area contributed by atoms with Crippen molar-refractivity contribution in [2.24, 2.45) is 0 Å². The summed E-state index contributed by atoms with van der Waals surface area (Å²) in [6, 6.07) is 7.29. The molecule has 0 saturated heterocycles. The first-order valence-electron chi connectivity index (χ1n) is 7.11. The number of carbonyl (C=O) groups excluding carboxylic acids is 1. The molecule has 7 heteroatoms. The molecule has 1 aromatic heterocycles. The molecule has 2 aromatic rings. The molecule has 0 bridgehead atoms. The van der Waals surface area contributed by atoms with Crippen LogP contribution in [0.3, 0.4) is 0 Å². The summed E-state index contributed by atoms with van der Waals surface area (Å²) < 4.78 is 10.8. The van der Waals surface area contributed by atoms with Gasteiger partial charge in [-0.15, -0.1) is 10.2 Å². The predicted molar refractivity (Wildman–Crippen MR) is 83.2 cm³/mol. The lowest BCUT2D eigenvalue weighted by Crippen LogP contribution is -2.22. The highest BCUT2D eigenvalue weighted by Gasteiger charge is 2.30. The number of aromatic nitrogens is 2. The molecule has 3 rings (SSSR count). The van der Waals surface area contributed by atoms with E-state index >= 15 is 0 Å². The van der Waals surface area contributed by atoms with Gasteiger partial charge < -0.3 is 14.5 Å². The van der Waals surface area contributed by atoms with E-state index in [0.29, 0.717) is 28.5 Å². The number of hydrogen-bond acceptors (Lipinski definition) is 6. The van der Waals surface area contributed by atoms with Crippen LogP contribution in [0.25, 0.3) is 0 Å². The molecule has 1 N–H and O–H groups in total. The molecule has 6 nitrogen and oxygen atoms in total. The molecule has 1 heterocycles. The molecule has 22 heavy (non-hydrogen) atoms. The number of rotatable bonds is 6. The van der Waals surface area contributed by atoms with Crippen LogP contribution in [0.4, 0.5) is 5.69 Å². The molecule has 1 amide bonds. The van der Waals surface area contributed by atoms with Crippen molar-refractivity contribution >= 4 is 23.4 Å². The van der Waals surface area contributed by atoms with Crippen molar-refractivity contribution < 1.29 is 13.9 Å². The maximum absolute atomic E-state index is 12.3. The highest BCUT2D eigenvalue weighted by molar-refractivity contribution is 8.00. The first kappa shape index (κ1) is 14.9. The molecule has 1 atom stereocenters. The van der Waals surface area contributed by atoms with Gasteiger partial charge in [-0.25, -0.2) is 0 Å². The van der Waals surface area contributed by atoms with Crippen LogP contribution < -0.4 is 10.1 Å². The lowest BCUT2D eigenvalue weighted by Gasteiger charge is -2.12. The summed E-state index contributed by atoms with van der Waals surface area (Å²) in [7, 11) is 1.57. The second kappa shape index (κ2) is 6.39. The monoisotopic (exact) mass is 319 g/mol. The van der Waals surface area contributed by atoms with Crippen LogP contribution in [0.2, 0.25) is 0 Å². The number of nitrogens with zero attached hydrogens (tertiary/aromatic N) is 2. The number of amides is 1. The van der Waals surface area contributed by atoms with Crippen LogP contribution in [0.1, 0.15) is 31.6 Å². The van der Waals surface area contributed by atoms with Crippen LogP contribution in [0.5, 0.6) is 5.75 Å². The highest BCUT2D eigenvalue weighted by Crippen LogP contribution is 2.40. The molecule has 0 unspecified atom stereocenters. The molecule has 116 valence electrons. The van der Waals surface area contributed by atoms with E-state index in [9.17, 15) is 4.79 Å². The number of anilines is 1. The van der Waals surface area contributed by atoms with Gasteiger partial charge in [-0.05, 0) is 31.9 Å². The second-order valence-corrected chi connectivity index (χ2v) is 6.42. The van der Waals surface area contributed by atoms with Gasteiger partial charge in [0.25, 0.3) is 5.22 Å². The van der Waals surface area contributed by atoms with Gasteiger partial charge in [-0.1, -0.05) is 23.9 Å². The first-order valence-corrected chi connectivity index (χ1v) is 7.99. The summed E-state index contributed by atoms with van der Waals surface area (Å²) in [5, 5.41) is 10.9. The van der Waals surface area contributed by atoms with Gasteiger partial charge in [0.15, 0.2) is 0 Å². The maximum atomic E-state index is 12.3. The number of thioether (sulfide) groups is 1. The third-order valence-corrected chi connectivity index (χ3v) is 4.29. The minimum absolute atomic E-state index is 0.138. The number of methoxy groups -OCH3 is 1. The van der Waals surface area contributed by atoms with Crippen molar-refractivity contribution in [2.75, 3.05) is 12.4 Å². The fraction of sp³-hybridized carbons (Fsp3) is 0.400. The van der Waals surface area contributed by atoms with E-state index in [2.05, 4.69) is 15.5 Å². The van der Waals surface area contributed by atoms with E-state index in [4.69, 9.17) is 9.15 Å². The molecular weight excluding hydrogens is 302 g/mol. The summed E-state index contributed by atoms with van der Waals surface area (Å²) >= 11 is 1.26. The van der Waals surface area contributed by atoms with E-state index in [1.54, 1.807) is 26.2 Å². The zero-order valence-corrected chi connectivity index (χ0v) is 13.2. The van der Waals surface area contributed by atoms with Crippen molar-refractivity contribution in [3.05, 3.63) is 30.2 Å². The average molecular weight is 319 g/mol. The molecule has 1 aliphatic carbocycles. The van der Waals surface area contributed by atoms with Gasteiger partial charge in [0.2, 0.25) is 11.8 Å². The SMILES string of the molecule is COc1ccccc1NC(=O)[C@H](C)Sc1nnc(C2CC2)o1. The Morgan fingerprint density at radius 1 is 1.41 bits per heavy atom. The Labute approximate surface area is 132 Å². The topological polar surface area (TPSA) is 77.2 Å². The Morgan fingerprint density at radius 3 is 2.91 bits per heavy atom. The third kappa shape index (κ3) is 3.41. The van der Waals surface area contributed by atoms with Gasteiger partial charge in [0.05, 0.1) is 18.0 Å². The molecule has 1 aliphatic rings. The van der Waals surface area contributed by atoms with E-state index in [1.807, 2.05) is 12.1 Å². The van der Waals surface area contributed by atoms with Crippen molar-refractivity contribution in [1.29, 1.82) is 0 Å². The molecule has 1 fully saturated rings. The number of ether oxygens (including phenoxy) is 1. The number of para-hydroxylation sites is 2. The van der Waals surface area contributed by atoms with Crippen molar-refractivity contribution in [2.45, 2.75) is 36.2 Å². The van der Waals surface area contributed by atoms with Crippen LogP contribution >= 0.6 is 11.8 Å². The minimum atomic E-state index is -0.350. The molecule has 0 aliphatic heterocycles. The molecule has 1 aromatic carbocycles. The fourth-order valence-corrected chi connectivity index (χ4v) is 2.64. The van der Waals surface area contributed by atoms with Gasteiger partial charge in [-0.2, -0.15) is 0 Å². The number of hydrogen-bond donors (Lipinski definition) is 1. The number of carbonyl (C=O) groups is 1. The Hall–Kier alpha value is -2.02. The van der Waals surface area contributed by atoms with Crippen LogP contribution in [0, 0.1) is 0 Å². The number of benzene rings is 1. The summed E-state index contributed by atoms with van der Waals surface area (Å²) in [5.74, 6) is 1.59. The third-order valence-electron chi connectivity index (χ3n) is 3.36. The Balaban J connectivity index is 1.61. The Bertz CT molecular complexity index is 670. The first-order chi connectivity index (χ1) is 10.7. The van der Waals surface area contributed by atoms with E-state index < -0.39 is 0 Å². The zero-order chi connectivity index (χ0) is 15.5. The van der Waals surface area contributed by atoms with Gasteiger partial charge >= 0.3 is 0 Å². The minimum Gasteiger partial charge on any atom is -0.495 e. The quantitative estimate of drug-likeness (QED) is 0.825. The van der Waals surface area contributed by atoms with Gasteiger partial charge in [0, 0.05) is 5.92 Å². The summed E-state index contributed by atoms with van der Waals surface area (Å²) in [5.41, 5.74) is 0.645. The van der Waals surface area contributed by atoms with E-state index in [-0.39, 0.29) is 11.2 Å². The molecular formula is C15H17N3O3S. The molecule has 0 spiro atoms. The lowest BCUT2D eigenvalue weighted by molar-refractivity contribution is -0.115. The normalized spacial score (nSPS) is 15.4. The Morgan fingerprint density at radius 2 is 2.18 bits per heavy atom. The van der Waals surface area contributed by atoms with Crippen LogP contribution in [-0.4, -0.2) is 28.5 Å². The standard InChI is InChI=1S/C15H17N3O3S/c1-9(22-15-18-17-14(21-15)10-7-8-10)13(19)16-11-5-3-4-6-12(11)20-2/h3-6,9-10H,7-8H2,1-2H3,(H,16,19)/t9-/m0/s1. The average Bonchev–Trinajstić information content (AvgIpc) is 3.28. The summed E-state index contributed by atoms with van der Waals surface area (Å²) in [6.45, 7) is 1.80. The fourth-order valence-electron chi connectivity index (χ4n) is 1.95. The second-order valence-electron chi connectivity index (χ2n) is 5.13. The Kier molecular flexibility index (Phi) is 4.33. The van der Waals surface area contributed by atoms with E-state index in [1.165, 1.54) is 11.8 Å².